The third-order valence-corrected chi connectivity index (χ3v) is 3.01. The minimum Gasteiger partial charge on any atom is -0.393 e. The minimum atomic E-state index is -0.559. The van der Waals surface area contributed by atoms with Crippen molar-refractivity contribution in [1.82, 2.24) is 0 Å². The van der Waals surface area contributed by atoms with Gasteiger partial charge < -0.3 is 10.2 Å². The first kappa shape index (κ1) is 11.2. The Balaban J connectivity index is 2.52. The summed E-state index contributed by atoms with van der Waals surface area (Å²) in [4.78, 5) is 1.40. The molecule has 1 rings (SSSR count). The fourth-order valence-electron chi connectivity index (χ4n) is 1.13. The monoisotopic (exact) mass is 211 g/mol. The number of hydrogen-bond donors (Lipinski definition) is 2. The van der Waals surface area contributed by atoms with Crippen LogP contribution in [0.5, 0.6) is 0 Å². The summed E-state index contributed by atoms with van der Waals surface area (Å²) < 4.78 is 0. The highest BCUT2D eigenvalue weighted by Gasteiger charge is 2.11. The van der Waals surface area contributed by atoms with Crippen LogP contribution in [0.3, 0.4) is 0 Å². The van der Waals surface area contributed by atoms with E-state index in [1.807, 2.05) is 6.07 Å². The van der Waals surface area contributed by atoms with Crippen molar-refractivity contribution in [2.75, 3.05) is 0 Å². The summed E-state index contributed by atoms with van der Waals surface area (Å²) in [6, 6.07) is 5.48. The Labute approximate surface area is 87.2 Å². The van der Waals surface area contributed by atoms with Crippen LogP contribution in [0.2, 0.25) is 0 Å². The van der Waals surface area contributed by atoms with Crippen LogP contribution >= 0.6 is 11.3 Å². The van der Waals surface area contributed by atoms with E-state index in [1.54, 1.807) is 19.1 Å². The van der Waals surface area contributed by atoms with E-state index >= 15 is 0 Å². The quantitative estimate of drug-likeness (QED) is 0.798. The van der Waals surface area contributed by atoms with Crippen LogP contribution < -0.4 is 0 Å². The van der Waals surface area contributed by atoms with Crippen molar-refractivity contribution in [3.8, 4) is 6.07 Å². The van der Waals surface area contributed by atoms with Gasteiger partial charge in [-0.15, -0.1) is 11.3 Å². The fourth-order valence-corrected chi connectivity index (χ4v) is 1.96. The van der Waals surface area contributed by atoms with E-state index in [2.05, 4.69) is 0 Å². The third kappa shape index (κ3) is 3.11. The van der Waals surface area contributed by atoms with Crippen LogP contribution in [-0.2, 0) is 0 Å². The molecule has 0 amide bonds. The largest absolute Gasteiger partial charge is 0.393 e. The normalized spacial score (nSPS) is 14.7. The van der Waals surface area contributed by atoms with Crippen LogP contribution in [-0.4, -0.2) is 16.3 Å². The smallest absolute Gasteiger partial charge is 0.110 e. The molecule has 0 aromatic carbocycles. The Bertz CT molecular complexity index is 327. The molecule has 0 spiro atoms. The van der Waals surface area contributed by atoms with Crippen molar-refractivity contribution in [3.63, 3.8) is 0 Å². The predicted octanol–water partition coefficient (Wildman–Crippen LogP) is 1.81. The van der Waals surface area contributed by atoms with Crippen molar-refractivity contribution >= 4 is 11.3 Å². The molecule has 3 nitrogen and oxygen atoms in total. The van der Waals surface area contributed by atoms with Crippen LogP contribution in [0.15, 0.2) is 12.1 Å². The van der Waals surface area contributed by atoms with Gasteiger partial charge >= 0.3 is 0 Å². The SMILES string of the molecule is CC(O)CCC(O)c1ccc(C#N)s1. The zero-order valence-electron chi connectivity index (χ0n) is 7.97. The number of rotatable bonds is 4. The summed E-state index contributed by atoms with van der Waals surface area (Å²) in [6.45, 7) is 1.70. The molecule has 4 heteroatoms. The molecule has 2 atom stereocenters. The number of nitriles is 1. The molecule has 1 heterocycles. The van der Waals surface area contributed by atoms with Crippen LogP contribution in [0, 0.1) is 11.3 Å². The summed E-state index contributed by atoms with van der Waals surface area (Å²) in [5.74, 6) is 0. The van der Waals surface area contributed by atoms with E-state index in [1.165, 1.54) is 11.3 Å². The highest BCUT2D eigenvalue weighted by molar-refractivity contribution is 7.12. The number of hydrogen-bond acceptors (Lipinski definition) is 4. The van der Waals surface area contributed by atoms with Gasteiger partial charge in [0, 0.05) is 4.88 Å². The molecule has 2 unspecified atom stereocenters. The van der Waals surface area contributed by atoms with Crippen molar-refractivity contribution in [3.05, 3.63) is 21.9 Å². The molecule has 14 heavy (non-hydrogen) atoms. The van der Waals surface area contributed by atoms with Crippen molar-refractivity contribution in [1.29, 1.82) is 5.26 Å². The topological polar surface area (TPSA) is 64.2 Å². The number of aliphatic hydroxyl groups excluding tert-OH is 2. The Hall–Kier alpha value is -0.890. The molecule has 0 aliphatic heterocycles. The van der Waals surface area contributed by atoms with E-state index in [-0.39, 0.29) is 6.10 Å². The molecular formula is C10H13NO2S. The molecule has 0 fully saturated rings. The molecule has 0 saturated carbocycles. The molecule has 0 aliphatic carbocycles. The molecular weight excluding hydrogens is 198 g/mol. The first-order chi connectivity index (χ1) is 6.63. The Kier molecular flexibility index (Phi) is 4.08. The molecule has 0 radical (unpaired) electrons. The Morgan fingerprint density at radius 3 is 2.64 bits per heavy atom. The lowest BCUT2D eigenvalue weighted by molar-refractivity contribution is 0.125. The van der Waals surface area contributed by atoms with Crippen LogP contribution in [0.25, 0.3) is 0 Å². The summed E-state index contributed by atoms with van der Waals surface area (Å²) >= 11 is 1.30. The first-order valence-corrected chi connectivity index (χ1v) is 5.31. The summed E-state index contributed by atoms with van der Waals surface area (Å²) in [5, 5.41) is 27.3. The molecule has 76 valence electrons. The van der Waals surface area contributed by atoms with Crippen LogP contribution in [0.4, 0.5) is 0 Å². The van der Waals surface area contributed by atoms with Gasteiger partial charge in [-0.1, -0.05) is 0 Å². The van der Waals surface area contributed by atoms with Gasteiger partial charge in [0.1, 0.15) is 10.9 Å². The van der Waals surface area contributed by atoms with Gasteiger partial charge in [-0.3, -0.25) is 0 Å². The second-order valence-electron chi connectivity index (χ2n) is 3.26. The predicted molar refractivity (Wildman–Crippen MR) is 54.9 cm³/mol. The van der Waals surface area contributed by atoms with Crippen molar-refractivity contribution < 1.29 is 10.2 Å². The fraction of sp³-hybridized carbons (Fsp3) is 0.500. The zero-order chi connectivity index (χ0) is 10.6. The van der Waals surface area contributed by atoms with Crippen molar-refractivity contribution in [2.24, 2.45) is 0 Å². The van der Waals surface area contributed by atoms with E-state index in [4.69, 9.17) is 10.4 Å². The van der Waals surface area contributed by atoms with Gasteiger partial charge in [-0.25, -0.2) is 0 Å². The van der Waals surface area contributed by atoms with Gasteiger partial charge in [0.2, 0.25) is 0 Å². The number of aliphatic hydroxyl groups is 2. The maximum Gasteiger partial charge on any atom is 0.110 e. The highest BCUT2D eigenvalue weighted by Crippen LogP contribution is 2.26. The van der Waals surface area contributed by atoms with E-state index in [0.717, 1.165) is 4.88 Å². The lowest BCUT2D eigenvalue weighted by atomic mass is 10.1. The zero-order valence-corrected chi connectivity index (χ0v) is 8.79. The molecule has 0 bridgehead atoms. The maximum atomic E-state index is 9.67. The Morgan fingerprint density at radius 1 is 1.43 bits per heavy atom. The number of thiophene rings is 1. The van der Waals surface area contributed by atoms with E-state index in [9.17, 15) is 5.11 Å². The van der Waals surface area contributed by atoms with Gasteiger partial charge in [0.25, 0.3) is 0 Å². The lowest BCUT2D eigenvalue weighted by Crippen LogP contribution is -2.03. The molecule has 2 N–H and O–H groups in total. The summed E-state index contributed by atoms with van der Waals surface area (Å²) in [6.07, 6.45) is 0.154. The first-order valence-electron chi connectivity index (χ1n) is 4.49. The summed E-state index contributed by atoms with van der Waals surface area (Å²) in [5.41, 5.74) is 0. The van der Waals surface area contributed by atoms with Gasteiger partial charge in [-0.2, -0.15) is 5.26 Å². The molecule has 0 aliphatic rings. The minimum absolute atomic E-state index is 0.389. The van der Waals surface area contributed by atoms with Gasteiger partial charge in [-0.05, 0) is 31.9 Å². The average Bonchev–Trinajstić information content (AvgIpc) is 2.62. The average molecular weight is 211 g/mol. The Morgan fingerprint density at radius 2 is 2.14 bits per heavy atom. The van der Waals surface area contributed by atoms with E-state index in [0.29, 0.717) is 17.7 Å². The van der Waals surface area contributed by atoms with Gasteiger partial charge in [0.05, 0.1) is 12.2 Å². The standard InChI is InChI=1S/C10H13NO2S/c1-7(12)2-4-9(13)10-5-3-8(6-11)14-10/h3,5,7,9,12-13H,2,4H2,1H3. The van der Waals surface area contributed by atoms with Crippen LogP contribution in [0.1, 0.15) is 35.6 Å². The maximum absolute atomic E-state index is 9.67. The summed E-state index contributed by atoms with van der Waals surface area (Å²) in [7, 11) is 0. The lowest BCUT2D eigenvalue weighted by Gasteiger charge is -2.09. The molecule has 1 aromatic heterocycles. The second-order valence-corrected chi connectivity index (χ2v) is 4.37. The molecule has 1 aromatic rings. The third-order valence-electron chi connectivity index (χ3n) is 1.92. The second kappa shape index (κ2) is 5.11. The van der Waals surface area contributed by atoms with Gasteiger partial charge in [0.15, 0.2) is 0 Å². The molecule has 0 saturated heterocycles. The van der Waals surface area contributed by atoms with Crippen molar-refractivity contribution in [2.45, 2.75) is 32.0 Å². The van der Waals surface area contributed by atoms with E-state index < -0.39 is 6.10 Å². The highest BCUT2D eigenvalue weighted by atomic mass is 32.1. The number of nitrogens with zero attached hydrogens (tertiary/aromatic N) is 1.